The first-order valence-corrected chi connectivity index (χ1v) is 10.6. The number of non-ortho nitro benzene ring substituents is 1. The summed E-state index contributed by atoms with van der Waals surface area (Å²) < 4.78 is 4.95. The number of hydrogen-bond acceptors (Lipinski definition) is 8. The highest BCUT2D eigenvalue weighted by atomic mass is 32.1. The minimum absolute atomic E-state index is 0.0532. The number of ether oxygens (including phenoxy) is 1. The van der Waals surface area contributed by atoms with E-state index in [1.165, 1.54) is 29.5 Å². The summed E-state index contributed by atoms with van der Waals surface area (Å²) in [5, 5.41) is 23.4. The third-order valence-corrected chi connectivity index (χ3v) is 6.13. The van der Waals surface area contributed by atoms with Gasteiger partial charge < -0.3 is 15.0 Å². The van der Waals surface area contributed by atoms with E-state index in [1.807, 2.05) is 0 Å². The van der Waals surface area contributed by atoms with Gasteiger partial charge in [-0.05, 0) is 18.9 Å². The number of carbonyl (C=O) groups is 2. The van der Waals surface area contributed by atoms with Crippen molar-refractivity contribution in [2.24, 2.45) is 0 Å². The molecule has 2 N–H and O–H groups in total. The van der Waals surface area contributed by atoms with Gasteiger partial charge in [0.1, 0.15) is 5.69 Å². The van der Waals surface area contributed by atoms with Crippen molar-refractivity contribution in [1.29, 1.82) is 0 Å². The van der Waals surface area contributed by atoms with Crippen LogP contribution in [0.25, 0.3) is 10.9 Å². The number of hydrogen-bond donors (Lipinski definition) is 2. The Kier molecular flexibility index (Phi) is 6.00. The average molecular weight is 454 g/mol. The van der Waals surface area contributed by atoms with E-state index in [1.54, 1.807) is 10.3 Å². The molecule has 3 aromatic rings. The summed E-state index contributed by atoms with van der Waals surface area (Å²) in [6.45, 7) is 0.989. The summed E-state index contributed by atoms with van der Waals surface area (Å²) in [5.41, 5.74) is 0.708. The fraction of sp³-hybridized carbons (Fsp3) is 0.300. The number of rotatable bonds is 5. The van der Waals surface area contributed by atoms with E-state index in [0.717, 1.165) is 5.01 Å². The quantitative estimate of drug-likeness (QED) is 0.342. The highest BCUT2D eigenvalue weighted by Gasteiger charge is 2.27. The Bertz CT molecular complexity index is 1220. The molecule has 1 fully saturated rings. The van der Waals surface area contributed by atoms with Gasteiger partial charge in [0, 0.05) is 36.5 Å². The van der Waals surface area contributed by atoms with Gasteiger partial charge in [0.2, 0.25) is 0 Å². The fourth-order valence-corrected chi connectivity index (χ4v) is 4.44. The van der Waals surface area contributed by atoms with E-state index >= 15 is 0 Å². The number of piperidine rings is 1. The molecule has 0 saturated carbocycles. The van der Waals surface area contributed by atoms with Crippen molar-refractivity contribution in [3.8, 4) is 12.3 Å². The first-order valence-electron chi connectivity index (χ1n) is 9.70. The van der Waals surface area contributed by atoms with E-state index in [0.29, 0.717) is 36.8 Å². The number of fused-ring (bicyclic) bond motifs is 1. The summed E-state index contributed by atoms with van der Waals surface area (Å²) in [4.78, 5) is 41.1. The topological polar surface area (TPSA) is 143 Å². The van der Waals surface area contributed by atoms with Gasteiger partial charge in [0.05, 0.1) is 20.8 Å². The van der Waals surface area contributed by atoms with Gasteiger partial charge in [-0.3, -0.25) is 20.0 Å². The summed E-state index contributed by atoms with van der Waals surface area (Å²) in [6.07, 6.45) is 6.08. The highest BCUT2D eigenvalue weighted by Crippen LogP contribution is 2.31. The molecular formula is C20H18N6O5S. The van der Waals surface area contributed by atoms with Crippen LogP contribution in [0.5, 0.6) is 0 Å². The number of nitro benzene ring substituents is 1. The molecule has 4 rings (SSSR count). The van der Waals surface area contributed by atoms with Crippen molar-refractivity contribution in [2.45, 2.75) is 18.8 Å². The Morgan fingerprint density at radius 3 is 2.91 bits per heavy atom. The van der Waals surface area contributed by atoms with Gasteiger partial charge in [-0.15, -0.1) is 17.8 Å². The largest absolute Gasteiger partial charge is 0.436 e. The molecule has 0 spiro atoms. The number of aromatic nitrogens is 3. The molecule has 0 radical (unpaired) electrons. The van der Waals surface area contributed by atoms with Crippen molar-refractivity contribution in [2.75, 3.05) is 25.0 Å². The Morgan fingerprint density at radius 1 is 1.41 bits per heavy atom. The number of nitro groups is 1. The summed E-state index contributed by atoms with van der Waals surface area (Å²) in [7, 11) is 0. The smallest absolute Gasteiger partial charge is 0.410 e. The minimum Gasteiger partial charge on any atom is -0.436 e. The average Bonchev–Trinajstić information content (AvgIpc) is 3.45. The van der Waals surface area contributed by atoms with Crippen LogP contribution in [-0.4, -0.2) is 56.7 Å². The molecule has 1 aromatic carbocycles. The van der Waals surface area contributed by atoms with Crippen LogP contribution in [0.2, 0.25) is 0 Å². The zero-order valence-corrected chi connectivity index (χ0v) is 17.6. The van der Waals surface area contributed by atoms with Gasteiger partial charge in [-0.1, -0.05) is 5.92 Å². The number of anilines is 1. The molecule has 1 aliphatic rings. The predicted molar refractivity (Wildman–Crippen MR) is 117 cm³/mol. The molecule has 1 aliphatic heterocycles. The normalized spacial score (nSPS) is 14.2. The van der Waals surface area contributed by atoms with Crippen LogP contribution >= 0.6 is 11.3 Å². The van der Waals surface area contributed by atoms with Crippen molar-refractivity contribution < 1.29 is 19.2 Å². The minimum atomic E-state index is -0.509. The van der Waals surface area contributed by atoms with Crippen molar-refractivity contribution in [3.63, 3.8) is 0 Å². The molecule has 2 aromatic heterocycles. The predicted octanol–water partition coefficient (Wildman–Crippen LogP) is 3.13. The Morgan fingerprint density at radius 2 is 2.19 bits per heavy atom. The van der Waals surface area contributed by atoms with Crippen LogP contribution in [0, 0.1) is 22.5 Å². The van der Waals surface area contributed by atoms with Gasteiger partial charge >= 0.3 is 6.09 Å². The lowest BCUT2D eigenvalue weighted by molar-refractivity contribution is -0.384. The number of H-pyrrole nitrogens is 1. The number of likely N-dealkylation sites (tertiary alicyclic amines) is 1. The maximum absolute atomic E-state index is 12.7. The third kappa shape index (κ3) is 4.37. The number of benzene rings is 1. The fourth-order valence-electron chi connectivity index (χ4n) is 3.47. The van der Waals surface area contributed by atoms with E-state index < -0.39 is 16.9 Å². The molecule has 0 atom stereocenters. The molecular weight excluding hydrogens is 436 g/mol. The molecule has 164 valence electrons. The summed E-state index contributed by atoms with van der Waals surface area (Å²) in [5.74, 6) is 2.14. The van der Waals surface area contributed by atoms with E-state index in [-0.39, 0.29) is 29.7 Å². The molecule has 0 bridgehead atoms. The van der Waals surface area contributed by atoms with Crippen LogP contribution in [0.4, 0.5) is 16.3 Å². The Labute approximate surface area is 185 Å². The van der Waals surface area contributed by atoms with Gasteiger partial charge in [0.25, 0.3) is 11.6 Å². The lowest BCUT2D eigenvalue weighted by atomic mass is 9.98. The van der Waals surface area contributed by atoms with Gasteiger partial charge in [0.15, 0.2) is 12.4 Å². The van der Waals surface area contributed by atoms with Crippen LogP contribution in [-0.2, 0) is 4.74 Å². The van der Waals surface area contributed by atoms with Gasteiger partial charge in [-0.25, -0.2) is 9.78 Å². The third-order valence-electron chi connectivity index (χ3n) is 5.13. The maximum atomic E-state index is 12.7. The SMILES string of the molecule is C#CCOC(=O)N1CCC(c2nc(C(=O)Nc3n[nH]c4ccc([N+](=O)[O-])cc34)cs2)CC1. The summed E-state index contributed by atoms with van der Waals surface area (Å²) >= 11 is 1.38. The van der Waals surface area contributed by atoms with E-state index in [2.05, 4.69) is 26.4 Å². The molecule has 3 heterocycles. The Hall–Kier alpha value is -3.98. The second-order valence-electron chi connectivity index (χ2n) is 7.10. The highest BCUT2D eigenvalue weighted by molar-refractivity contribution is 7.10. The number of aromatic amines is 1. The Balaban J connectivity index is 1.40. The standard InChI is InChI=1S/C20H18N6O5S/c1-2-9-31-20(28)25-7-5-12(6-8-25)19-21-16(11-32-19)18(27)22-17-14-10-13(26(29)30)3-4-15(14)23-24-17/h1,3-4,10-12H,5-9H2,(H2,22,23,24,27). The first kappa shape index (κ1) is 21.3. The van der Waals surface area contributed by atoms with Gasteiger partial charge in [-0.2, -0.15) is 5.10 Å². The second kappa shape index (κ2) is 9.03. The lowest BCUT2D eigenvalue weighted by Gasteiger charge is -2.30. The van der Waals surface area contributed by atoms with Crippen LogP contribution in [0.3, 0.4) is 0 Å². The number of nitrogens with one attached hydrogen (secondary N) is 2. The van der Waals surface area contributed by atoms with Crippen molar-refractivity contribution in [1.82, 2.24) is 20.1 Å². The number of thiazole rings is 1. The monoisotopic (exact) mass is 454 g/mol. The van der Waals surface area contributed by atoms with Crippen molar-refractivity contribution in [3.05, 3.63) is 44.4 Å². The molecule has 11 nitrogen and oxygen atoms in total. The zero-order valence-electron chi connectivity index (χ0n) is 16.7. The molecule has 1 saturated heterocycles. The van der Waals surface area contributed by atoms with Crippen LogP contribution < -0.4 is 5.32 Å². The first-order chi connectivity index (χ1) is 15.5. The number of carbonyl (C=O) groups excluding carboxylic acids is 2. The summed E-state index contributed by atoms with van der Waals surface area (Å²) in [6, 6.07) is 4.24. The van der Waals surface area contributed by atoms with Crippen LogP contribution in [0.15, 0.2) is 23.6 Å². The van der Waals surface area contributed by atoms with E-state index in [9.17, 15) is 19.7 Å². The number of terminal acetylenes is 1. The number of amides is 2. The molecule has 0 unspecified atom stereocenters. The lowest BCUT2D eigenvalue weighted by Crippen LogP contribution is -2.38. The molecule has 2 amide bonds. The molecule has 0 aliphatic carbocycles. The van der Waals surface area contributed by atoms with Crippen LogP contribution in [0.1, 0.15) is 34.3 Å². The molecule has 12 heteroatoms. The number of nitrogens with zero attached hydrogens (tertiary/aromatic N) is 4. The molecule has 32 heavy (non-hydrogen) atoms. The maximum Gasteiger partial charge on any atom is 0.410 e. The second-order valence-corrected chi connectivity index (χ2v) is 7.99. The van der Waals surface area contributed by atoms with Crippen molar-refractivity contribution >= 4 is 45.7 Å². The van der Waals surface area contributed by atoms with E-state index in [4.69, 9.17) is 11.2 Å². The zero-order chi connectivity index (χ0) is 22.7.